The zero-order valence-corrected chi connectivity index (χ0v) is 14.6. The van der Waals surface area contributed by atoms with E-state index in [1.165, 1.54) is 19.4 Å². The van der Waals surface area contributed by atoms with Crippen molar-refractivity contribution in [2.45, 2.75) is 38.8 Å². The fraction of sp³-hybridized carbons (Fsp3) is 0.667. The Morgan fingerprint density at radius 2 is 1.91 bits per heavy atom. The molecule has 1 aliphatic heterocycles. The molecule has 0 spiro atoms. The summed E-state index contributed by atoms with van der Waals surface area (Å²) in [5.41, 5.74) is 1.14. The topological polar surface area (TPSA) is 24.9 Å². The molecule has 0 radical (unpaired) electrons. The Balaban J connectivity index is 2.15. The molecule has 1 saturated heterocycles. The second-order valence-electron chi connectivity index (χ2n) is 6.12. The van der Waals surface area contributed by atoms with Gasteiger partial charge in [0.15, 0.2) is 0 Å². The lowest BCUT2D eigenvalue weighted by atomic mass is 10.0. The number of methoxy groups -OCH3 is 2. The van der Waals surface area contributed by atoms with Crippen LogP contribution in [-0.2, 0) is 0 Å². The molecule has 1 fully saturated rings. The van der Waals surface area contributed by atoms with Crippen molar-refractivity contribution in [2.75, 3.05) is 40.9 Å². The van der Waals surface area contributed by atoms with E-state index in [0.717, 1.165) is 30.2 Å². The summed E-state index contributed by atoms with van der Waals surface area (Å²) >= 11 is 0. The van der Waals surface area contributed by atoms with Crippen LogP contribution in [0.5, 0.6) is 11.5 Å². The number of likely N-dealkylation sites (tertiary alicyclic amines) is 1. The molecular formula is C18H30N2O2. The van der Waals surface area contributed by atoms with Gasteiger partial charge < -0.3 is 9.47 Å². The minimum absolute atomic E-state index is 0.255. The third kappa shape index (κ3) is 3.55. The van der Waals surface area contributed by atoms with Crippen LogP contribution in [0.25, 0.3) is 0 Å². The molecule has 1 aromatic carbocycles. The highest BCUT2D eigenvalue weighted by Gasteiger charge is 2.27. The van der Waals surface area contributed by atoms with E-state index in [2.05, 4.69) is 30.7 Å². The molecule has 0 aliphatic carbocycles. The summed E-state index contributed by atoms with van der Waals surface area (Å²) in [5.74, 6) is 1.80. The summed E-state index contributed by atoms with van der Waals surface area (Å²) in [6.45, 7) is 7.94. The Morgan fingerprint density at radius 3 is 2.45 bits per heavy atom. The monoisotopic (exact) mass is 306 g/mol. The minimum Gasteiger partial charge on any atom is -0.496 e. The van der Waals surface area contributed by atoms with Crippen LogP contribution in [0.1, 0.15) is 38.3 Å². The Bertz CT molecular complexity index is 456. The van der Waals surface area contributed by atoms with Gasteiger partial charge in [0.25, 0.3) is 0 Å². The van der Waals surface area contributed by atoms with Crippen molar-refractivity contribution in [3.63, 3.8) is 0 Å². The summed E-state index contributed by atoms with van der Waals surface area (Å²) in [6, 6.07) is 6.92. The molecule has 2 unspecified atom stereocenters. The maximum Gasteiger partial charge on any atom is 0.127 e. The van der Waals surface area contributed by atoms with Crippen LogP contribution >= 0.6 is 0 Å². The SMILES string of the molecule is CCN1CCCC1CN(C)C(C)c1c(OC)cccc1OC. The first-order valence-electron chi connectivity index (χ1n) is 8.27. The van der Waals surface area contributed by atoms with Crippen molar-refractivity contribution in [1.29, 1.82) is 0 Å². The second kappa shape index (κ2) is 7.84. The maximum absolute atomic E-state index is 5.55. The molecule has 2 rings (SSSR count). The van der Waals surface area contributed by atoms with E-state index in [0.29, 0.717) is 6.04 Å². The number of benzene rings is 1. The van der Waals surface area contributed by atoms with E-state index < -0.39 is 0 Å². The number of ether oxygens (including phenoxy) is 2. The quantitative estimate of drug-likeness (QED) is 0.772. The van der Waals surface area contributed by atoms with Gasteiger partial charge in [0.1, 0.15) is 11.5 Å². The summed E-state index contributed by atoms with van der Waals surface area (Å²) in [5, 5.41) is 0. The van der Waals surface area contributed by atoms with E-state index >= 15 is 0 Å². The van der Waals surface area contributed by atoms with Gasteiger partial charge in [-0.05, 0) is 52.0 Å². The molecule has 0 aromatic heterocycles. The summed E-state index contributed by atoms with van der Waals surface area (Å²) in [6.07, 6.45) is 2.62. The smallest absolute Gasteiger partial charge is 0.127 e. The van der Waals surface area contributed by atoms with Crippen LogP contribution in [0.4, 0.5) is 0 Å². The zero-order chi connectivity index (χ0) is 16.1. The summed E-state index contributed by atoms with van der Waals surface area (Å²) in [7, 11) is 5.64. The van der Waals surface area contributed by atoms with Gasteiger partial charge in [0.2, 0.25) is 0 Å². The molecule has 0 N–H and O–H groups in total. The van der Waals surface area contributed by atoms with Crippen molar-refractivity contribution in [2.24, 2.45) is 0 Å². The number of hydrogen-bond donors (Lipinski definition) is 0. The molecule has 124 valence electrons. The Morgan fingerprint density at radius 1 is 1.27 bits per heavy atom. The van der Waals surface area contributed by atoms with Gasteiger partial charge >= 0.3 is 0 Å². The van der Waals surface area contributed by atoms with E-state index in [4.69, 9.17) is 9.47 Å². The molecule has 4 nitrogen and oxygen atoms in total. The molecule has 0 bridgehead atoms. The fourth-order valence-electron chi connectivity index (χ4n) is 3.52. The maximum atomic E-state index is 5.55. The minimum atomic E-state index is 0.255. The first-order chi connectivity index (χ1) is 10.6. The molecule has 1 aromatic rings. The average molecular weight is 306 g/mol. The molecule has 22 heavy (non-hydrogen) atoms. The van der Waals surface area contributed by atoms with Gasteiger partial charge in [0.05, 0.1) is 19.8 Å². The van der Waals surface area contributed by atoms with Crippen molar-refractivity contribution in [3.8, 4) is 11.5 Å². The van der Waals surface area contributed by atoms with E-state index in [1.807, 2.05) is 18.2 Å². The highest BCUT2D eigenvalue weighted by molar-refractivity contribution is 5.46. The van der Waals surface area contributed by atoms with E-state index in [9.17, 15) is 0 Å². The number of nitrogens with zero attached hydrogens (tertiary/aromatic N) is 2. The van der Waals surface area contributed by atoms with Crippen LogP contribution in [0, 0.1) is 0 Å². The first kappa shape index (κ1) is 17.1. The Kier molecular flexibility index (Phi) is 6.09. The third-order valence-corrected chi connectivity index (χ3v) is 4.95. The zero-order valence-electron chi connectivity index (χ0n) is 14.6. The standard InChI is InChI=1S/C18H30N2O2/c1-6-20-12-8-9-15(20)13-19(3)14(2)18-16(21-4)10-7-11-17(18)22-5/h7,10-11,14-15H,6,8-9,12-13H2,1-5H3. The first-order valence-corrected chi connectivity index (χ1v) is 8.27. The van der Waals surface area contributed by atoms with Gasteiger partial charge in [0, 0.05) is 18.6 Å². The Hall–Kier alpha value is -1.26. The highest BCUT2D eigenvalue weighted by atomic mass is 16.5. The molecular weight excluding hydrogens is 276 g/mol. The van der Waals surface area contributed by atoms with Crippen LogP contribution in [0.15, 0.2) is 18.2 Å². The predicted molar refractivity (Wildman–Crippen MR) is 90.9 cm³/mol. The molecule has 1 aliphatic rings. The van der Waals surface area contributed by atoms with Crippen LogP contribution in [-0.4, -0.2) is 56.7 Å². The lowest BCUT2D eigenvalue weighted by Crippen LogP contribution is -2.39. The largest absolute Gasteiger partial charge is 0.496 e. The van der Waals surface area contributed by atoms with E-state index in [-0.39, 0.29) is 6.04 Å². The molecule has 0 saturated carbocycles. The summed E-state index contributed by atoms with van der Waals surface area (Å²) in [4.78, 5) is 5.00. The number of likely N-dealkylation sites (N-methyl/N-ethyl adjacent to an activating group) is 2. The van der Waals surface area contributed by atoms with Crippen molar-refractivity contribution in [3.05, 3.63) is 23.8 Å². The Labute approximate surface area is 135 Å². The molecule has 2 atom stereocenters. The van der Waals surface area contributed by atoms with Crippen LogP contribution in [0.2, 0.25) is 0 Å². The van der Waals surface area contributed by atoms with Gasteiger partial charge in [-0.15, -0.1) is 0 Å². The predicted octanol–water partition coefficient (Wildman–Crippen LogP) is 3.18. The van der Waals surface area contributed by atoms with E-state index in [1.54, 1.807) is 14.2 Å². The lowest BCUT2D eigenvalue weighted by molar-refractivity contribution is 0.167. The summed E-state index contributed by atoms with van der Waals surface area (Å²) < 4.78 is 11.1. The van der Waals surface area contributed by atoms with Crippen molar-refractivity contribution in [1.82, 2.24) is 9.80 Å². The van der Waals surface area contributed by atoms with Crippen molar-refractivity contribution < 1.29 is 9.47 Å². The second-order valence-corrected chi connectivity index (χ2v) is 6.12. The van der Waals surface area contributed by atoms with Gasteiger partial charge in [-0.3, -0.25) is 9.80 Å². The third-order valence-electron chi connectivity index (χ3n) is 4.95. The normalized spacial score (nSPS) is 20.4. The van der Waals surface area contributed by atoms with Gasteiger partial charge in [-0.2, -0.15) is 0 Å². The number of hydrogen-bond acceptors (Lipinski definition) is 4. The van der Waals surface area contributed by atoms with Gasteiger partial charge in [-0.25, -0.2) is 0 Å². The van der Waals surface area contributed by atoms with Crippen molar-refractivity contribution >= 4 is 0 Å². The average Bonchev–Trinajstić information content (AvgIpc) is 3.00. The fourth-order valence-corrected chi connectivity index (χ4v) is 3.52. The van der Waals surface area contributed by atoms with Crippen LogP contribution in [0.3, 0.4) is 0 Å². The van der Waals surface area contributed by atoms with Gasteiger partial charge in [-0.1, -0.05) is 13.0 Å². The molecule has 1 heterocycles. The van der Waals surface area contributed by atoms with Crippen LogP contribution < -0.4 is 9.47 Å². The number of rotatable bonds is 7. The lowest BCUT2D eigenvalue weighted by Gasteiger charge is -2.32. The highest BCUT2D eigenvalue weighted by Crippen LogP contribution is 2.36. The molecule has 0 amide bonds. The molecule has 4 heteroatoms.